The van der Waals surface area contributed by atoms with Crippen LogP contribution in [0.15, 0.2) is 95.6 Å². The highest BCUT2D eigenvalue weighted by Gasteiger charge is 2.32. The van der Waals surface area contributed by atoms with Crippen LogP contribution in [0.1, 0.15) is 43.7 Å². The first-order valence-electron chi connectivity index (χ1n) is 11.2. The van der Waals surface area contributed by atoms with Gasteiger partial charge in [-0.25, -0.2) is 4.99 Å². The molecule has 0 N–H and O–H groups in total. The molecular formula is C28H28N2O2. The minimum absolute atomic E-state index is 0.138. The molecular weight excluding hydrogens is 396 g/mol. The number of carbonyl (C=O) groups excluding carboxylic acids is 1. The van der Waals surface area contributed by atoms with E-state index in [1.54, 1.807) is 4.90 Å². The minimum atomic E-state index is -0.138. The topological polar surface area (TPSA) is 41.9 Å². The van der Waals surface area contributed by atoms with Gasteiger partial charge in [0.15, 0.2) is 0 Å². The third kappa shape index (κ3) is 5.14. The summed E-state index contributed by atoms with van der Waals surface area (Å²) in [6.45, 7) is 2.91. The molecule has 3 aromatic rings. The maximum Gasteiger partial charge on any atom is 0.282 e. The molecule has 1 aliphatic heterocycles. The van der Waals surface area contributed by atoms with Gasteiger partial charge in [0, 0.05) is 5.56 Å². The van der Waals surface area contributed by atoms with E-state index in [9.17, 15) is 4.79 Å². The van der Waals surface area contributed by atoms with Gasteiger partial charge in [0.1, 0.15) is 17.3 Å². The zero-order valence-corrected chi connectivity index (χ0v) is 18.4. The monoisotopic (exact) mass is 424 g/mol. The first kappa shape index (κ1) is 21.6. The fourth-order valence-corrected chi connectivity index (χ4v) is 3.65. The Bertz CT molecular complexity index is 1090. The molecule has 0 spiro atoms. The molecule has 0 saturated heterocycles. The highest BCUT2D eigenvalue weighted by molar-refractivity contribution is 6.33. The van der Waals surface area contributed by atoms with E-state index in [0.717, 1.165) is 29.0 Å². The van der Waals surface area contributed by atoms with Crippen molar-refractivity contribution >= 4 is 23.5 Å². The minimum Gasteiger partial charge on any atom is -0.494 e. The fraction of sp³-hybridized carbons (Fsp3) is 0.214. The normalized spacial score (nSPS) is 14.7. The van der Waals surface area contributed by atoms with Gasteiger partial charge in [0.05, 0.1) is 12.3 Å². The molecule has 4 rings (SSSR count). The highest BCUT2D eigenvalue weighted by Crippen LogP contribution is 2.29. The van der Waals surface area contributed by atoms with Crippen LogP contribution in [-0.2, 0) is 4.79 Å². The number of nitrogens with zero attached hydrogens (tertiary/aromatic N) is 2. The smallest absolute Gasteiger partial charge is 0.282 e. The lowest BCUT2D eigenvalue weighted by Gasteiger charge is -2.19. The Kier molecular flexibility index (Phi) is 7.13. The predicted octanol–water partition coefficient (Wildman–Crippen LogP) is 6.48. The molecule has 0 unspecified atom stereocenters. The van der Waals surface area contributed by atoms with Gasteiger partial charge in [0.2, 0.25) is 0 Å². The first-order valence-corrected chi connectivity index (χ1v) is 11.2. The van der Waals surface area contributed by atoms with Gasteiger partial charge in [-0.2, -0.15) is 0 Å². The van der Waals surface area contributed by atoms with E-state index in [1.807, 2.05) is 91.0 Å². The van der Waals surface area contributed by atoms with Crippen LogP contribution in [0.2, 0.25) is 0 Å². The van der Waals surface area contributed by atoms with Crippen molar-refractivity contribution in [2.45, 2.75) is 32.6 Å². The number of carbonyl (C=O) groups is 1. The summed E-state index contributed by atoms with van der Waals surface area (Å²) in [6.07, 6.45) is 6.52. The van der Waals surface area contributed by atoms with Gasteiger partial charge in [0.25, 0.3) is 5.91 Å². The molecule has 0 saturated carbocycles. The summed E-state index contributed by atoms with van der Waals surface area (Å²) < 4.78 is 5.86. The lowest BCUT2D eigenvalue weighted by atomic mass is 10.1. The maximum atomic E-state index is 13.4. The molecule has 0 aromatic heterocycles. The average Bonchev–Trinajstić information content (AvgIpc) is 3.16. The Morgan fingerprint density at radius 2 is 1.53 bits per heavy atom. The van der Waals surface area contributed by atoms with E-state index in [0.29, 0.717) is 18.1 Å². The second kappa shape index (κ2) is 10.6. The highest BCUT2D eigenvalue weighted by atomic mass is 16.5. The molecule has 0 fully saturated rings. The van der Waals surface area contributed by atoms with Crippen molar-refractivity contribution in [1.82, 2.24) is 0 Å². The van der Waals surface area contributed by atoms with Crippen molar-refractivity contribution in [3.63, 3.8) is 0 Å². The Morgan fingerprint density at radius 1 is 0.844 bits per heavy atom. The van der Waals surface area contributed by atoms with Crippen molar-refractivity contribution in [3.05, 3.63) is 102 Å². The van der Waals surface area contributed by atoms with E-state index in [-0.39, 0.29) is 5.91 Å². The number of unbranched alkanes of at least 4 members (excludes halogenated alkanes) is 3. The van der Waals surface area contributed by atoms with E-state index >= 15 is 0 Å². The first-order chi connectivity index (χ1) is 15.8. The summed E-state index contributed by atoms with van der Waals surface area (Å²) in [5.41, 5.74) is 3.04. The van der Waals surface area contributed by atoms with Gasteiger partial charge in [-0.3, -0.25) is 9.69 Å². The molecule has 0 radical (unpaired) electrons. The molecule has 0 atom stereocenters. The molecule has 0 aliphatic carbocycles. The van der Waals surface area contributed by atoms with Crippen LogP contribution in [0.3, 0.4) is 0 Å². The molecule has 1 amide bonds. The SMILES string of the molecule is CCCCCCOc1ccc(N2C(=O)/C(=C\c3ccccc3)N=C2c2ccccc2)cc1. The third-order valence-corrected chi connectivity index (χ3v) is 5.36. The van der Waals surface area contributed by atoms with E-state index < -0.39 is 0 Å². The molecule has 1 heterocycles. The molecule has 4 heteroatoms. The molecule has 32 heavy (non-hydrogen) atoms. The number of rotatable bonds is 9. The Labute approximate surface area is 189 Å². The zero-order chi connectivity index (χ0) is 22.2. The largest absolute Gasteiger partial charge is 0.494 e. The summed E-state index contributed by atoms with van der Waals surface area (Å²) in [6, 6.07) is 27.3. The molecule has 4 nitrogen and oxygen atoms in total. The number of hydrogen-bond acceptors (Lipinski definition) is 3. The summed E-state index contributed by atoms with van der Waals surface area (Å²) in [4.78, 5) is 19.8. The summed E-state index contributed by atoms with van der Waals surface area (Å²) in [5.74, 6) is 1.31. The van der Waals surface area contributed by atoms with Crippen LogP contribution >= 0.6 is 0 Å². The number of aliphatic imine (C=N–C) groups is 1. The number of ether oxygens (including phenoxy) is 1. The van der Waals surface area contributed by atoms with Crippen LogP contribution in [0, 0.1) is 0 Å². The van der Waals surface area contributed by atoms with Gasteiger partial charge >= 0.3 is 0 Å². The second-order valence-electron chi connectivity index (χ2n) is 7.79. The van der Waals surface area contributed by atoms with Crippen molar-refractivity contribution < 1.29 is 9.53 Å². The quantitative estimate of drug-likeness (QED) is 0.291. The average molecular weight is 425 g/mol. The Morgan fingerprint density at radius 3 is 2.22 bits per heavy atom. The van der Waals surface area contributed by atoms with Gasteiger partial charge < -0.3 is 4.74 Å². The van der Waals surface area contributed by atoms with Crippen LogP contribution in [-0.4, -0.2) is 18.3 Å². The van der Waals surface area contributed by atoms with E-state index in [2.05, 4.69) is 6.92 Å². The van der Waals surface area contributed by atoms with Gasteiger partial charge in [-0.1, -0.05) is 86.8 Å². The number of amidine groups is 1. The van der Waals surface area contributed by atoms with E-state index in [1.165, 1.54) is 19.3 Å². The molecule has 3 aromatic carbocycles. The van der Waals surface area contributed by atoms with Crippen molar-refractivity contribution in [3.8, 4) is 5.75 Å². The van der Waals surface area contributed by atoms with Crippen LogP contribution in [0.25, 0.3) is 6.08 Å². The van der Waals surface area contributed by atoms with Gasteiger partial charge in [-0.15, -0.1) is 0 Å². The summed E-state index contributed by atoms with van der Waals surface area (Å²) in [5, 5.41) is 0. The lowest BCUT2D eigenvalue weighted by Crippen LogP contribution is -2.32. The van der Waals surface area contributed by atoms with Crippen LogP contribution in [0.4, 0.5) is 5.69 Å². The second-order valence-corrected chi connectivity index (χ2v) is 7.79. The summed E-state index contributed by atoms with van der Waals surface area (Å²) in [7, 11) is 0. The number of hydrogen-bond donors (Lipinski definition) is 0. The van der Waals surface area contributed by atoms with E-state index in [4.69, 9.17) is 9.73 Å². The summed E-state index contributed by atoms with van der Waals surface area (Å²) >= 11 is 0. The number of anilines is 1. The third-order valence-electron chi connectivity index (χ3n) is 5.36. The van der Waals surface area contributed by atoms with Crippen molar-refractivity contribution in [2.75, 3.05) is 11.5 Å². The van der Waals surface area contributed by atoms with Crippen LogP contribution in [0.5, 0.6) is 5.75 Å². The predicted molar refractivity (Wildman–Crippen MR) is 131 cm³/mol. The Hall–Kier alpha value is -3.66. The standard InChI is InChI=1S/C28H28N2O2/c1-2-3-4-11-20-32-25-18-16-24(17-19-25)30-27(23-14-9-6-10-15-23)29-26(28(30)31)21-22-12-7-5-8-13-22/h5-10,12-19,21H,2-4,11,20H2,1H3/b26-21+. The lowest BCUT2D eigenvalue weighted by molar-refractivity contribution is -0.113. The Balaban J connectivity index is 1.58. The van der Waals surface area contributed by atoms with Gasteiger partial charge in [-0.05, 0) is 42.3 Å². The fourth-order valence-electron chi connectivity index (χ4n) is 3.65. The number of amides is 1. The van der Waals surface area contributed by atoms with Crippen LogP contribution < -0.4 is 9.64 Å². The maximum absolute atomic E-state index is 13.4. The van der Waals surface area contributed by atoms with Crippen molar-refractivity contribution in [2.24, 2.45) is 4.99 Å². The number of benzene rings is 3. The molecule has 0 bridgehead atoms. The zero-order valence-electron chi connectivity index (χ0n) is 18.4. The molecule has 1 aliphatic rings. The molecule has 162 valence electrons. The van der Waals surface area contributed by atoms with Crippen molar-refractivity contribution in [1.29, 1.82) is 0 Å².